The van der Waals surface area contributed by atoms with Crippen LogP contribution in [0, 0.1) is 0 Å². The van der Waals surface area contributed by atoms with E-state index in [4.69, 9.17) is 0 Å². The highest BCUT2D eigenvalue weighted by atomic mass is 32.1. The maximum absolute atomic E-state index is 11.3. The molecule has 0 bridgehead atoms. The number of hydrogen-bond acceptors (Lipinski definition) is 3. The van der Waals surface area contributed by atoms with Gasteiger partial charge in [-0.25, -0.2) is 4.79 Å². The van der Waals surface area contributed by atoms with Crippen molar-refractivity contribution in [1.82, 2.24) is 15.5 Å². The number of rotatable bonds is 5. The van der Waals surface area contributed by atoms with Crippen molar-refractivity contribution in [3.63, 3.8) is 0 Å². The summed E-state index contributed by atoms with van der Waals surface area (Å²) in [6.07, 6.45) is 0. The van der Waals surface area contributed by atoms with Crippen LogP contribution in [-0.4, -0.2) is 38.1 Å². The molecule has 0 radical (unpaired) electrons. The monoisotopic (exact) mass is 283 g/mol. The van der Waals surface area contributed by atoms with Crippen LogP contribution in [0.4, 0.5) is 4.79 Å². The van der Waals surface area contributed by atoms with Gasteiger partial charge in [0.15, 0.2) is 0 Å². The highest BCUT2D eigenvalue weighted by Crippen LogP contribution is 2.29. The van der Waals surface area contributed by atoms with Gasteiger partial charge in [0.25, 0.3) is 0 Å². The van der Waals surface area contributed by atoms with E-state index in [-0.39, 0.29) is 11.4 Å². The normalized spacial score (nSPS) is 11.4. The molecule has 1 rings (SSSR count). The number of nitrogens with zero attached hydrogens (tertiary/aromatic N) is 1. The highest BCUT2D eigenvalue weighted by molar-refractivity contribution is 7.12. The molecule has 0 aliphatic rings. The van der Waals surface area contributed by atoms with E-state index in [2.05, 4.69) is 43.5 Å². The first-order valence-corrected chi connectivity index (χ1v) is 7.37. The summed E-state index contributed by atoms with van der Waals surface area (Å²) in [5.41, 5.74) is 0.225. The van der Waals surface area contributed by atoms with E-state index < -0.39 is 0 Å². The van der Waals surface area contributed by atoms with E-state index in [1.165, 1.54) is 14.7 Å². The fraction of sp³-hybridized carbons (Fsp3) is 0.643. The number of thiophene rings is 1. The second-order valence-electron chi connectivity index (χ2n) is 5.82. The quantitative estimate of drug-likeness (QED) is 0.815. The molecule has 2 amide bonds. The first-order valence-electron chi connectivity index (χ1n) is 6.56. The van der Waals surface area contributed by atoms with E-state index in [9.17, 15) is 4.79 Å². The van der Waals surface area contributed by atoms with Gasteiger partial charge in [0.05, 0.1) is 0 Å². The molecule has 0 saturated carbocycles. The van der Waals surface area contributed by atoms with Gasteiger partial charge in [-0.15, -0.1) is 11.3 Å². The lowest BCUT2D eigenvalue weighted by atomic mass is 9.95. The molecule has 1 aromatic rings. The van der Waals surface area contributed by atoms with Gasteiger partial charge in [0.2, 0.25) is 0 Å². The highest BCUT2D eigenvalue weighted by Gasteiger charge is 2.15. The van der Waals surface area contributed by atoms with Gasteiger partial charge in [-0.3, -0.25) is 0 Å². The van der Waals surface area contributed by atoms with Crippen molar-refractivity contribution in [3.8, 4) is 0 Å². The Labute approximate surface area is 120 Å². The molecule has 0 unspecified atom stereocenters. The second-order valence-corrected chi connectivity index (χ2v) is 6.99. The zero-order chi connectivity index (χ0) is 14.5. The summed E-state index contributed by atoms with van der Waals surface area (Å²) in [6.45, 7) is 8.97. The third-order valence-electron chi connectivity index (χ3n) is 2.68. The van der Waals surface area contributed by atoms with Crippen LogP contribution in [0.3, 0.4) is 0 Å². The first-order chi connectivity index (χ1) is 8.80. The van der Waals surface area contributed by atoms with Gasteiger partial charge in [0.1, 0.15) is 0 Å². The molecule has 19 heavy (non-hydrogen) atoms. The Kier molecular flexibility index (Phi) is 5.82. The second kappa shape index (κ2) is 6.91. The van der Waals surface area contributed by atoms with Crippen molar-refractivity contribution < 1.29 is 4.79 Å². The van der Waals surface area contributed by atoms with Crippen LogP contribution in [0.5, 0.6) is 0 Å². The lowest BCUT2D eigenvalue weighted by molar-refractivity contribution is 0.217. The summed E-state index contributed by atoms with van der Waals surface area (Å²) >= 11 is 1.85. The molecule has 0 aliphatic heterocycles. The Bertz CT molecular complexity index is 407. The molecular formula is C14H25N3OS. The third-order valence-corrected chi connectivity index (χ3v) is 4.20. The molecule has 0 atom stereocenters. The minimum Gasteiger partial charge on any atom is -0.337 e. The van der Waals surface area contributed by atoms with Crippen molar-refractivity contribution in [2.75, 3.05) is 27.2 Å². The van der Waals surface area contributed by atoms with Crippen molar-refractivity contribution in [2.24, 2.45) is 0 Å². The number of hydrogen-bond donors (Lipinski definition) is 2. The van der Waals surface area contributed by atoms with Crippen LogP contribution in [0.2, 0.25) is 0 Å². The van der Waals surface area contributed by atoms with E-state index in [1.807, 2.05) is 11.3 Å². The number of urea groups is 1. The van der Waals surface area contributed by atoms with E-state index in [0.717, 1.165) is 13.1 Å². The predicted octanol–water partition coefficient (Wildman–Crippen LogP) is 2.41. The number of amides is 2. The lowest BCUT2D eigenvalue weighted by Crippen LogP contribution is -2.38. The third kappa shape index (κ3) is 5.61. The van der Waals surface area contributed by atoms with Crippen molar-refractivity contribution in [2.45, 2.75) is 32.7 Å². The molecule has 0 fully saturated rings. The molecule has 0 aliphatic carbocycles. The van der Waals surface area contributed by atoms with E-state index >= 15 is 0 Å². The molecule has 0 saturated heterocycles. The first kappa shape index (κ1) is 16.0. The molecule has 2 N–H and O–H groups in total. The molecule has 0 spiro atoms. The Morgan fingerprint density at radius 1 is 1.26 bits per heavy atom. The van der Waals surface area contributed by atoms with E-state index in [1.54, 1.807) is 14.1 Å². The summed E-state index contributed by atoms with van der Waals surface area (Å²) in [6, 6.07) is 4.33. The largest absolute Gasteiger partial charge is 0.337 e. The van der Waals surface area contributed by atoms with Crippen LogP contribution < -0.4 is 10.6 Å². The summed E-state index contributed by atoms with van der Waals surface area (Å²) in [7, 11) is 3.48. The van der Waals surface area contributed by atoms with Crippen molar-refractivity contribution in [3.05, 3.63) is 21.9 Å². The van der Waals surface area contributed by atoms with Gasteiger partial charge in [-0.2, -0.15) is 0 Å². The fourth-order valence-corrected chi connectivity index (χ4v) is 2.54. The molecule has 4 nitrogen and oxygen atoms in total. The number of carbonyl (C=O) groups excluding carboxylic acids is 1. The van der Waals surface area contributed by atoms with Gasteiger partial charge in [-0.1, -0.05) is 20.8 Å². The van der Waals surface area contributed by atoms with E-state index in [0.29, 0.717) is 6.54 Å². The van der Waals surface area contributed by atoms with Gasteiger partial charge < -0.3 is 15.5 Å². The lowest BCUT2D eigenvalue weighted by Gasteiger charge is -2.15. The van der Waals surface area contributed by atoms with Crippen LogP contribution in [-0.2, 0) is 12.0 Å². The minimum atomic E-state index is -0.0482. The Balaban J connectivity index is 2.23. The maximum Gasteiger partial charge on any atom is 0.316 e. The maximum atomic E-state index is 11.3. The van der Waals surface area contributed by atoms with Gasteiger partial charge in [0, 0.05) is 43.5 Å². The average Bonchev–Trinajstić information content (AvgIpc) is 2.76. The van der Waals surface area contributed by atoms with Crippen LogP contribution in [0.25, 0.3) is 0 Å². The summed E-state index contributed by atoms with van der Waals surface area (Å²) in [5, 5.41) is 6.16. The number of carbonyl (C=O) groups is 1. The Morgan fingerprint density at radius 3 is 2.47 bits per heavy atom. The fourth-order valence-electron chi connectivity index (χ4n) is 1.50. The molecule has 1 aromatic heterocycles. The molecule has 1 heterocycles. The smallest absolute Gasteiger partial charge is 0.316 e. The zero-order valence-electron chi connectivity index (χ0n) is 12.5. The standard InChI is InChI=1S/C14H25N3OS/c1-14(2,3)12-7-6-11(19-12)10-15-8-9-16-13(18)17(4)5/h6-7,15H,8-10H2,1-5H3,(H,16,18). The topological polar surface area (TPSA) is 44.4 Å². The molecule has 5 heteroatoms. The zero-order valence-corrected chi connectivity index (χ0v) is 13.4. The SMILES string of the molecule is CN(C)C(=O)NCCNCc1ccc(C(C)(C)C)s1. The van der Waals surface area contributed by atoms with Gasteiger partial charge >= 0.3 is 6.03 Å². The predicted molar refractivity (Wildman–Crippen MR) is 81.8 cm³/mol. The molecule has 108 valence electrons. The Morgan fingerprint density at radius 2 is 1.95 bits per heavy atom. The minimum absolute atomic E-state index is 0.0482. The van der Waals surface area contributed by atoms with Crippen LogP contribution >= 0.6 is 11.3 Å². The summed E-state index contributed by atoms with van der Waals surface area (Å²) in [5.74, 6) is 0. The van der Waals surface area contributed by atoms with Crippen molar-refractivity contribution in [1.29, 1.82) is 0 Å². The number of nitrogens with one attached hydrogen (secondary N) is 2. The van der Waals surface area contributed by atoms with Gasteiger partial charge in [-0.05, 0) is 17.5 Å². The van der Waals surface area contributed by atoms with Crippen LogP contribution in [0.1, 0.15) is 30.5 Å². The average molecular weight is 283 g/mol. The van der Waals surface area contributed by atoms with Crippen LogP contribution in [0.15, 0.2) is 12.1 Å². The van der Waals surface area contributed by atoms with Crippen molar-refractivity contribution >= 4 is 17.4 Å². The molecule has 0 aromatic carbocycles. The summed E-state index contributed by atoms with van der Waals surface area (Å²) in [4.78, 5) is 15.6. The summed E-state index contributed by atoms with van der Waals surface area (Å²) < 4.78 is 0. The Hall–Kier alpha value is -1.07. The molecular weight excluding hydrogens is 258 g/mol.